The molecule has 0 aromatic heterocycles. The average Bonchev–Trinajstić information content (AvgIpc) is 2.60. The molecule has 1 aromatic carbocycles. The number of piperidine rings is 1. The molecule has 1 aliphatic rings. The van der Waals surface area contributed by atoms with Crippen molar-refractivity contribution in [1.29, 1.82) is 0 Å². The first-order chi connectivity index (χ1) is 12.5. The number of benzene rings is 1. The minimum atomic E-state index is 0.0496. The summed E-state index contributed by atoms with van der Waals surface area (Å²) in [5.41, 5.74) is 1.14. The van der Waals surface area contributed by atoms with E-state index in [1.807, 2.05) is 48.0 Å². The molecule has 0 atom stereocenters. The number of likely N-dealkylation sites (tertiary alicyclic amines) is 1. The van der Waals surface area contributed by atoms with Crippen LogP contribution < -0.4 is 10.1 Å². The molecule has 2 rings (SSSR count). The Balaban J connectivity index is 1.59. The molecule has 1 aromatic rings. The van der Waals surface area contributed by atoms with Gasteiger partial charge in [-0.1, -0.05) is 18.2 Å². The number of para-hydroxylation sites is 1. The van der Waals surface area contributed by atoms with Crippen LogP contribution in [0, 0.1) is 6.92 Å². The minimum Gasteiger partial charge on any atom is -0.493 e. The largest absolute Gasteiger partial charge is 0.493 e. The number of aryl methyl sites for hydroxylation is 1. The molecule has 0 bridgehead atoms. The van der Waals surface area contributed by atoms with Gasteiger partial charge in [-0.25, -0.2) is 0 Å². The van der Waals surface area contributed by atoms with Crippen LogP contribution in [0.1, 0.15) is 31.7 Å². The van der Waals surface area contributed by atoms with E-state index >= 15 is 0 Å². The molecule has 6 heteroatoms. The Morgan fingerprint density at radius 2 is 1.96 bits per heavy atom. The van der Waals surface area contributed by atoms with Crippen molar-refractivity contribution >= 4 is 11.8 Å². The number of carbonyl (C=O) groups excluding carboxylic acids is 2. The fourth-order valence-electron chi connectivity index (χ4n) is 3.17. The van der Waals surface area contributed by atoms with Crippen LogP contribution in [-0.2, 0) is 9.59 Å². The van der Waals surface area contributed by atoms with Crippen LogP contribution in [-0.4, -0.2) is 67.5 Å². The molecule has 2 amide bonds. The lowest BCUT2D eigenvalue weighted by Crippen LogP contribution is -2.48. The van der Waals surface area contributed by atoms with Gasteiger partial charge in [-0.2, -0.15) is 0 Å². The summed E-state index contributed by atoms with van der Waals surface area (Å²) in [7, 11) is 1.95. The van der Waals surface area contributed by atoms with Crippen LogP contribution >= 0.6 is 0 Å². The first-order valence-corrected chi connectivity index (χ1v) is 9.37. The summed E-state index contributed by atoms with van der Waals surface area (Å²) in [5, 5.41) is 3.08. The number of hydrogen-bond acceptors (Lipinski definition) is 4. The molecule has 6 nitrogen and oxygen atoms in total. The fourth-order valence-corrected chi connectivity index (χ4v) is 3.17. The third-order valence-corrected chi connectivity index (χ3v) is 4.75. The van der Waals surface area contributed by atoms with Crippen LogP contribution in [0.25, 0.3) is 0 Å². The number of hydrogen-bond donors (Lipinski definition) is 1. The van der Waals surface area contributed by atoms with E-state index in [0.717, 1.165) is 50.2 Å². The van der Waals surface area contributed by atoms with Gasteiger partial charge in [0.1, 0.15) is 5.75 Å². The van der Waals surface area contributed by atoms with E-state index in [2.05, 4.69) is 5.32 Å². The lowest BCUT2D eigenvalue weighted by Gasteiger charge is -2.32. The normalized spacial score (nSPS) is 15.2. The molecule has 1 N–H and O–H groups in total. The maximum absolute atomic E-state index is 12.2. The molecule has 1 aliphatic heterocycles. The van der Waals surface area contributed by atoms with Gasteiger partial charge in [0.2, 0.25) is 11.8 Å². The summed E-state index contributed by atoms with van der Waals surface area (Å²) in [6, 6.07) is 8.16. The predicted octanol–water partition coefficient (Wildman–Crippen LogP) is 1.82. The molecule has 0 aliphatic carbocycles. The summed E-state index contributed by atoms with van der Waals surface area (Å²) in [4.78, 5) is 27.4. The highest BCUT2D eigenvalue weighted by molar-refractivity contribution is 5.78. The Kier molecular flexibility index (Phi) is 7.91. The monoisotopic (exact) mass is 361 g/mol. The highest BCUT2D eigenvalue weighted by Crippen LogP contribution is 2.16. The fraction of sp³-hybridized carbons (Fsp3) is 0.600. The maximum Gasteiger partial charge on any atom is 0.234 e. The van der Waals surface area contributed by atoms with Gasteiger partial charge in [0.15, 0.2) is 0 Å². The standard InChI is InChI=1S/C20H31N3O3/c1-16-7-4-5-8-19(16)26-14-6-11-22(3)15-20(25)21-18-9-12-23(13-10-18)17(2)24/h4-5,7-8,18H,6,9-15H2,1-3H3,(H,21,25). The molecule has 1 heterocycles. The van der Waals surface area contributed by atoms with Crippen LogP contribution in [0.15, 0.2) is 24.3 Å². The lowest BCUT2D eigenvalue weighted by atomic mass is 10.1. The molecule has 0 unspecified atom stereocenters. The van der Waals surface area contributed by atoms with E-state index in [1.165, 1.54) is 0 Å². The molecule has 0 radical (unpaired) electrons. The SMILES string of the molecule is CC(=O)N1CCC(NC(=O)CN(C)CCCOc2ccccc2C)CC1. The van der Waals surface area contributed by atoms with Crippen LogP contribution in [0.4, 0.5) is 0 Å². The van der Waals surface area contributed by atoms with E-state index in [-0.39, 0.29) is 17.9 Å². The molecular weight excluding hydrogens is 330 g/mol. The second-order valence-corrected chi connectivity index (χ2v) is 7.05. The van der Waals surface area contributed by atoms with Crippen molar-refractivity contribution in [2.45, 2.75) is 39.2 Å². The van der Waals surface area contributed by atoms with Crippen molar-refractivity contribution in [1.82, 2.24) is 15.1 Å². The van der Waals surface area contributed by atoms with Crippen molar-refractivity contribution in [3.8, 4) is 5.75 Å². The second kappa shape index (κ2) is 10.2. The summed E-state index contributed by atoms with van der Waals surface area (Å²) in [5.74, 6) is 1.08. The summed E-state index contributed by atoms with van der Waals surface area (Å²) in [6.45, 7) is 6.92. The Bertz CT molecular complexity index is 598. The molecule has 26 heavy (non-hydrogen) atoms. The number of carbonyl (C=O) groups is 2. The zero-order chi connectivity index (χ0) is 18.9. The van der Waals surface area contributed by atoms with E-state index in [0.29, 0.717) is 13.2 Å². The molecular formula is C20H31N3O3. The topological polar surface area (TPSA) is 61.9 Å². The number of likely N-dealkylation sites (N-methyl/N-ethyl adjacent to an activating group) is 1. The van der Waals surface area contributed by atoms with Gasteiger partial charge in [0.25, 0.3) is 0 Å². The number of ether oxygens (including phenoxy) is 1. The quantitative estimate of drug-likeness (QED) is 0.718. The lowest BCUT2D eigenvalue weighted by molar-refractivity contribution is -0.130. The van der Waals surface area contributed by atoms with Crippen molar-refractivity contribution in [2.75, 3.05) is 39.8 Å². The van der Waals surface area contributed by atoms with Crippen molar-refractivity contribution in [3.63, 3.8) is 0 Å². The first-order valence-electron chi connectivity index (χ1n) is 9.37. The van der Waals surface area contributed by atoms with Crippen molar-refractivity contribution < 1.29 is 14.3 Å². The van der Waals surface area contributed by atoms with Gasteiger partial charge in [-0.3, -0.25) is 14.5 Å². The zero-order valence-corrected chi connectivity index (χ0v) is 16.2. The van der Waals surface area contributed by atoms with Crippen molar-refractivity contribution in [2.24, 2.45) is 0 Å². The Morgan fingerprint density at radius 1 is 1.27 bits per heavy atom. The molecule has 144 valence electrons. The molecule has 1 fully saturated rings. The number of nitrogens with zero attached hydrogens (tertiary/aromatic N) is 2. The first kappa shape index (κ1) is 20.2. The highest BCUT2D eigenvalue weighted by Gasteiger charge is 2.22. The third-order valence-electron chi connectivity index (χ3n) is 4.75. The molecule has 0 spiro atoms. The second-order valence-electron chi connectivity index (χ2n) is 7.05. The number of amides is 2. The summed E-state index contributed by atoms with van der Waals surface area (Å²) < 4.78 is 5.78. The Labute approximate surface area is 156 Å². The molecule has 1 saturated heterocycles. The summed E-state index contributed by atoms with van der Waals surface area (Å²) >= 11 is 0. The Morgan fingerprint density at radius 3 is 2.62 bits per heavy atom. The van der Waals surface area contributed by atoms with Gasteiger partial charge < -0.3 is 15.0 Å². The van der Waals surface area contributed by atoms with Gasteiger partial charge in [-0.05, 0) is 44.9 Å². The van der Waals surface area contributed by atoms with Gasteiger partial charge >= 0.3 is 0 Å². The van der Waals surface area contributed by atoms with Crippen LogP contribution in [0.5, 0.6) is 5.75 Å². The van der Waals surface area contributed by atoms with E-state index in [9.17, 15) is 9.59 Å². The molecule has 0 saturated carbocycles. The van der Waals surface area contributed by atoms with Gasteiger partial charge in [0.05, 0.1) is 13.2 Å². The van der Waals surface area contributed by atoms with Gasteiger partial charge in [-0.15, -0.1) is 0 Å². The van der Waals surface area contributed by atoms with E-state index < -0.39 is 0 Å². The number of rotatable bonds is 8. The average molecular weight is 361 g/mol. The number of nitrogens with one attached hydrogen (secondary N) is 1. The predicted molar refractivity (Wildman–Crippen MR) is 102 cm³/mol. The Hall–Kier alpha value is -2.08. The van der Waals surface area contributed by atoms with Crippen LogP contribution in [0.2, 0.25) is 0 Å². The summed E-state index contributed by atoms with van der Waals surface area (Å²) in [6.07, 6.45) is 2.54. The zero-order valence-electron chi connectivity index (χ0n) is 16.2. The smallest absolute Gasteiger partial charge is 0.234 e. The van der Waals surface area contributed by atoms with Crippen LogP contribution in [0.3, 0.4) is 0 Å². The maximum atomic E-state index is 12.2. The highest BCUT2D eigenvalue weighted by atomic mass is 16.5. The van der Waals surface area contributed by atoms with E-state index in [1.54, 1.807) is 6.92 Å². The minimum absolute atomic E-state index is 0.0496. The van der Waals surface area contributed by atoms with Crippen molar-refractivity contribution in [3.05, 3.63) is 29.8 Å². The van der Waals surface area contributed by atoms with Gasteiger partial charge in [0, 0.05) is 32.6 Å². The van der Waals surface area contributed by atoms with E-state index in [4.69, 9.17) is 4.74 Å². The third kappa shape index (κ3) is 6.67.